The van der Waals surface area contributed by atoms with Gasteiger partial charge < -0.3 is 15.4 Å². The van der Waals surface area contributed by atoms with Crippen molar-refractivity contribution >= 4 is 6.09 Å². The molecule has 2 saturated carbocycles. The van der Waals surface area contributed by atoms with E-state index < -0.39 is 5.60 Å². The Kier molecular flexibility index (Phi) is 5.72. The molecule has 0 radical (unpaired) electrons. The second-order valence-corrected chi connectivity index (χ2v) is 8.01. The van der Waals surface area contributed by atoms with Gasteiger partial charge in [0, 0.05) is 30.7 Å². The van der Waals surface area contributed by atoms with Crippen LogP contribution in [0.3, 0.4) is 0 Å². The fraction of sp³-hybridized carbons (Fsp3) is 0.941. The first kappa shape index (κ1) is 17.5. The van der Waals surface area contributed by atoms with E-state index >= 15 is 0 Å². The molecular weight excluding hydrogens is 278 g/mol. The molecule has 2 N–H and O–H groups in total. The summed E-state index contributed by atoms with van der Waals surface area (Å²) in [5, 5.41) is 6.66. The predicted octanol–water partition coefficient (Wildman–Crippen LogP) is 2.50. The van der Waals surface area contributed by atoms with Crippen LogP contribution in [0.5, 0.6) is 0 Å². The summed E-state index contributed by atoms with van der Waals surface area (Å²) in [6.07, 6.45) is 5.57. The van der Waals surface area contributed by atoms with Gasteiger partial charge in [0.1, 0.15) is 5.60 Å². The average molecular weight is 311 g/mol. The van der Waals surface area contributed by atoms with Crippen molar-refractivity contribution in [2.45, 2.75) is 89.6 Å². The molecule has 5 heteroatoms. The first-order valence-corrected chi connectivity index (χ1v) is 8.69. The molecular formula is C17H33N3O2. The number of hydrogen-bond donors (Lipinski definition) is 2. The highest BCUT2D eigenvalue weighted by atomic mass is 16.6. The van der Waals surface area contributed by atoms with Gasteiger partial charge in [0.2, 0.25) is 0 Å². The Labute approximate surface area is 135 Å². The van der Waals surface area contributed by atoms with Crippen LogP contribution in [0.15, 0.2) is 0 Å². The van der Waals surface area contributed by atoms with Crippen molar-refractivity contribution in [1.82, 2.24) is 15.5 Å². The van der Waals surface area contributed by atoms with Gasteiger partial charge in [-0.2, -0.15) is 0 Å². The third-order valence-electron chi connectivity index (χ3n) is 4.67. The quantitative estimate of drug-likeness (QED) is 0.791. The van der Waals surface area contributed by atoms with Crippen molar-refractivity contribution in [2.24, 2.45) is 0 Å². The molecule has 0 aromatic carbocycles. The maximum atomic E-state index is 11.8. The zero-order chi connectivity index (χ0) is 16.3. The molecule has 5 nitrogen and oxygen atoms in total. The Morgan fingerprint density at radius 1 is 1.23 bits per heavy atom. The largest absolute Gasteiger partial charge is 0.444 e. The normalized spacial score (nSPS) is 27.0. The number of carbonyl (C=O) groups excluding carboxylic acids is 1. The standard InChI is InChI=1S/C17H33N3O2/c1-12(20(5)15-8-9-15)11-18-13-6-7-14(10-13)19-16(21)22-17(2,3)4/h12-15,18H,6-11H2,1-5H3,(H,19,21). The van der Waals surface area contributed by atoms with Gasteiger partial charge in [-0.25, -0.2) is 4.79 Å². The smallest absolute Gasteiger partial charge is 0.407 e. The molecule has 0 spiro atoms. The molecule has 0 aromatic rings. The molecule has 2 aliphatic rings. The van der Waals surface area contributed by atoms with Crippen LogP contribution >= 0.6 is 0 Å². The molecule has 2 rings (SSSR count). The van der Waals surface area contributed by atoms with Crippen LogP contribution in [-0.4, -0.2) is 54.4 Å². The third kappa shape index (κ3) is 5.76. The molecule has 0 aliphatic heterocycles. The summed E-state index contributed by atoms with van der Waals surface area (Å²) in [6, 6.07) is 2.13. The summed E-state index contributed by atoms with van der Waals surface area (Å²) in [5.74, 6) is 0. The van der Waals surface area contributed by atoms with Crippen LogP contribution in [0.25, 0.3) is 0 Å². The van der Waals surface area contributed by atoms with Crippen LogP contribution in [0.1, 0.15) is 59.8 Å². The lowest BCUT2D eigenvalue weighted by Gasteiger charge is -2.26. The number of nitrogens with one attached hydrogen (secondary N) is 2. The molecule has 3 unspecified atom stereocenters. The number of nitrogens with zero attached hydrogens (tertiary/aromatic N) is 1. The van der Waals surface area contributed by atoms with Crippen LogP contribution in [0.4, 0.5) is 4.79 Å². The van der Waals surface area contributed by atoms with Gasteiger partial charge in [-0.15, -0.1) is 0 Å². The van der Waals surface area contributed by atoms with Gasteiger partial charge in [-0.1, -0.05) is 0 Å². The van der Waals surface area contributed by atoms with Gasteiger partial charge in [0.05, 0.1) is 0 Å². The van der Waals surface area contributed by atoms with Crippen molar-refractivity contribution in [1.29, 1.82) is 0 Å². The lowest BCUT2D eigenvalue weighted by molar-refractivity contribution is 0.0505. The van der Waals surface area contributed by atoms with Gasteiger partial charge in [-0.05, 0) is 66.8 Å². The molecule has 0 aromatic heterocycles. The van der Waals surface area contributed by atoms with Crippen molar-refractivity contribution in [2.75, 3.05) is 13.6 Å². The summed E-state index contributed by atoms with van der Waals surface area (Å²) in [6.45, 7) is 8.99. The number of rotatable bonds is 6. The maximum Gasteiger partial charge on any atom is 0.407 e. The second-order valence-electron chi connectivity index (χ2n) is 8.01. The molecule has 0 bridgehead atoms. The Hall–Kier alpha value is -0.810. The first-order valence-electron chi connectivity index (χ1n) is 8.69. The Morgan fingerprint density at radius 2 is 1.86 bits per heavy atom. The monoisotopic (exact) mass is 311 g/mol. The molecule has 1 amide bonds. The summed E-state index contributed by atoms with van der Waals surface area (Å²) in [5.41, 5.74) is -0.427. The van der Waals surface area contributed by atoms with Crippen molar-refractivity contribution in [3.05, 3.63) is 0 Å². The topological polar surface area (TPSA) is 53.6 Å². The highest BCUT2D eigenvalue weighted by molar-refractivity contribution is 5.68. The molecule has 2 aliphatic carbocycles. The zero-order valence-corrected chi connectivity index (χ0v) is 14.8. The minimum atomic E-state index is -0.427. The number of carbonyl (C=O) groups is 1. The molecule has 22 heavy (non-hydrogen) atoms. The van der Waals surface area contributed by atoms with E-state index in [9.17, 15) is 4.79 Å². The predicted molar refractivity (Wildman–Crippen MR) is 89.0 cm³/mol. The van der Waals surface area contributed by atoms with Crippen molar-refractivity contribution in [3.63, 3.8) is 0 Å². The van der Waals surface area contributed by atoms with Crippen molar-refractivity contribution in [3.8, 4) is 0 Å². The maximum absolute atomic E-state index is 11.8. The molecule has 3 atom stereocenters. The Balaban J connectivity index is 1.63. The minimum Gasteiger partial charge on any atom is -0.444 e. The van der Waals surface area contributed by atoms with Crippen LogP contribution in [-0.2, 0) is 4.74 Å². The summed E-state index contributed by atoms with van der Waals surface area (Å²) in [7, 11) is 2.23. The van der Waals surface area contributed by atoms with E-state index in [4.69, 9.17) is 4.74 Å². The summed E-state index contributed by atoms with van der Waals surface area (Å²) in [4.78, 5) is 14.3. The van der Waals surface area contributed by atoms with Crippen LogP contribution in [0, 0.1) is 0 Å². The first-order chi connectivity index (χ1) is 10.2. The molecule has 0 heterocycles. The molecule has 0 saturated heterocycles. The SMILES string of the molecule is CC(CNC1CCC(NC(=O)OC(C)(C)C)C1)N(C)C1CC1. The average Bonchev–Trinajstić information content (AvgIpc) is 3.15. The third-order valence-corrected chi connectivity index (χ3v) is 4.67. The van der Waals surface area contributed by atoms with E-state index in [1.165, 1.54) is 12.8 Å². The highest BCUT2D eigenvalue weighted by Gasteiger charge is 2.31. The van der Waals surface area contributed by atoms with Crippen molar-refractivity contribution < 1.29 is 9.53 Å². The Bertz CT molecular complexity index is 377. The van der Waals surface area contributed by atoms with E-state index in [-0.39, 0.29) is 12.1 Å². The lowest BCUT2D eigenvalue weighted by atomic mass is 10.2. The second kappa shape index (κ2) is 7.18. The molecule has 2 fully saturated rings. The van der Waals surface area contributed by atoms with E-state index in [1.54, 1.807) is 0 Å². The Morgan fingerprint density at radius 3 is 2.45 bits per heavy atom. The minimum absolute atomic E-state index is 0.240. The van der Waals surface area contributed by atoms with Gasteiger partial charge in [0.25, 0.3) is 0 Å². The number of hydrogen-bond acceptors (Lipinski definition) is 4. The highest BCUT2D eigenvalue weighted by Crippen LogP contribution is 2.27. The van der Waals surface area contributed by atoms with E-state index in [0.29, 0.717) is 12.1 Å². The van der Waals surface area contributed by atoms with E-state index in [2.05, 4.69) is 29.5 Å². The zero-order valence-electron chi connectivity index (χ0n) is 14.8. The molecule has 128 valence electrons. The van der Waals surface area contributed by atoms with Gasteiger partial charge in [0.15, 0.2) is 0 Å². The fourth-order valence-electron chi connectivity index (χ4n) is 3.10. The van der Waals surface area contributed by atoms with E-state index in [1.807, 2.05) is 20.8 Å². The van der Waals surface area contributed by atoms with Gasteiger partial charge >= 0.3 is 6.09 Å². The number of amides is 1. The summed E-state index contributed by atoms with van der Waals surface area (Å²) < 4.78 is 5.32. The number of alkyl carbamates (subject to hydrolysis) is 1. The van der Waals surface area contributed by atoms with Crippen LogP contribution in [0.2, 0.25) is 0 Å². The van der Waals surface area contributed by atoms with Crippen LogP contribution < -0.4 is 10.6 Å². The number of ether oxygens (including phenoxy) is 1. The fourth-order valence-corrected chi connectivity index (χ4v) is 3.10. The summed E-state index contributed by atoms with van der Waals surface area (Å²) >= 11 is 0. The van der Waals surface area contributed by atoms with Gasteiger partial charge in [-0.3, -0.25) is 4.90 Å². The number of likely N-dealkylation sites (N-methyl/N-ethyl adjacent to an activating group) is 1. The van der Waals surface area contributed by atoms with E-state index in [0.717, 1.165) is 31.8 Å². The lowest BCUT2D eigenvalue weighted by Crippen LogP contribution is -2.43.